The van der Waals surface area contributed by atoms with Crippen molar-refractivity contribution in [3.05, 3.63) is 45.4 Å². The molecule has 0 aromatic carbocycles. The van der Waals surface area contributed by atoms with Crippen LogP contribution in [-0.4, -0.2) is 0 Å². The number of fused-ring (bicyclic) bond motifs is 1. The van der Waals surface area contributed by atoms with E-state index >= 15 is 0 Å². The van der Waals surface area contributed by atoms with Crippen molar-refractivity contribution >= 4 is 15.9 Å². The maximum absolute atomic E-state index is 3.65. The van der Waals surface area contributed by atoms with Crippen LogP contribution in [0.5, 0.6) is 0 Å². The van der Waals surface area contributed by atoms with Gasteiger partial charge in [-0.2, -0.15) is 0 Å². The zero-order chi connectivity index (χ0) is 11.9. The zero-order valence-corrected chi connectivity index (χ0v) is 11.9. The molecule has 0 radical (unpaired) electrons. The predicted molar refractivity (Wildman–Crippen MR) is 74.3 cm³/mol. The van der Waals surface area contributed by atoms with Crippen LogP contribution >= 0.6 is 15.9 Å². The van der Waals surface area contributed by atoms with Gasteiger partial charge in [0.05, 0.1) is 0 Å². The van der Waals surface area contributed by atoms with E-state index in [4.69, 9.17) is 0 Å². The van der Waals surface area contributed by atoms with E-state index in [9.17, 15) is 0 Å². The first kappa shape index (κ1) is 11.7. The van der Waals surface area contributed by atoms with Crippen LogP contribution in [0.2, 0.25) is 0 Å². The van der Waals surface area contributed by atoms with Gasteiger partial charge >= 0.3 is 0 Å². The molecule has 0 atom stereocenters. The lowest BCUT2D eigenvalue weighted by atomic mass is 10.0. The Morgan fingerprint density at radius 1 is 1.00 bits per heavy atom. The molecule has 0 nitrogen and oxygen atoms in total. The van der Waals surface area contributed by atoms with Gasteiger partial charge in [-0.15, -0.1) is 0 Å². The molecule has 0 spiro atoms. The lowest BCUT2D eigenvalue weighted by Crippen LogP contribution is -1.83. The fraction of sp³-hybridized carbons (Fsp3) is 0.333. The predicted octanol–water partition coefficient (Wildman–Crippen LogP) is 5.29. The van der Waals surface area contributed by atoms with Crippen molar-refractivity contribution in [2.75, 3.05) is 0 Å². The summed E-state index contributed by atoms with van der Waals surface area (Å²) in [5.41, 5.74) is 6.81. The third-order valence-corrected chi connectivity index (χ3v) is 3.80. The summed E-state index contributed by atoms with van der Waals surface area (Å²) < 4.78 is 1.21. The molecule has 0 bridgehead atoms. The largest absolute Gasteiger partial charge is 0.0587 e. The van der Waals surface area contributed by atoms with Crippen molar-refractivity contribution in [1.82, 2.24) is 0 Å². The molecular formula is C15H17Br. The normalized spacial score (nSPS) is 11.4. The molecule has 0 N–H and O–H groups in total. The highest BCUT2D eigenvalue weighted by molar-refractivity contribution is 9.10. The van der Waals surface area contributed by atoms with E-state index in [1.807, 2.05) is 0 Å². The fourth-order valence-corrected chi connectivity index (χ4v) is 3.00. The van der Waals surface area contributed by atoms with Crippen LogP contribution in [0.15, 0.2) is 28.7 Å². The Kier molecular flexibility index (Phi) is 3.07. The van der Waals surface area contributed by atoms with Gasteiger partial charge in [0.15, 0.2) is 0 Å². The molecule has 0 aliphatic heterocycles. The topological polar surface area (TPSA) is 0 Å². The molecule has 0 unspecified atom stereocenters. The lowest BCUT2D eigenvalue weighted by molar-refractivity contribution is 0.868. The van der Waals surface area contributed by atoms with Gasteiger partial charge in [0, 0.05) is 4.47 Å². The maximum Gasteiger partial charge on any atom is 0.0259 e. The van der Waals surface area contributed by atoms with Gasteiger partial charge in [-0.05, 0) is 53.6 Å². The third-order valence-electron chi connectivity index (χ3n) is 3.17. The van der Waals surface area contributed by atoms with E-state index in [-0.39, 0.29) is 0 Å². The maximum atomic E-state index is 3.65. The number of hydrogen-bond donors (Lipinski definition) is 0. The average Bonchev–Trinajstić information content (AvgIpc) is 2.39. The Morgan fingerprint density at radius 3 is 2.31 bits per heavy atom. The summed E-state index contributed by atoms with van der Waals surface area (Å²) in [7, 11) is 0. The van der Waals surface area contributed by atoms with E-state index in [1.165, 1.54) is 32.3 Å². The highest BCUT2D eigenvalue weighted by atomic mass is 79.9. The van der Waals surface area contributed by atoms with Crippen LogP contribution in [0.25, 0.3) is 11.1 Å². The lowest BCUT2D eigenvalue weighted by Gasteiger charge is -2.03. The summed E-state index contributed by atoms with van der Waals surface area (Å²) in [6.45, 7) is 8.83. The van der Waals surface area contributed by atoms with Gasteiger partial charge in [-0.25, -0.2) is 0 Å². The van der Waals surface area contributed by atoms with E-state index in [0.717, 1.165) is 0 Å². The zero-order valence-electron chi connectivity index (χ0n) is 10.3. The smallest absolute Gasteiger partial charge is 0.0259 e. The van der Waals surface area contributed by atoms with E-state index in [1.54, 1.807) is 0 Å². The summed E-state index contributed by atoms with van der Waals surface area (Å²) in [4.78, 5) is 0. The Balaban J connectivity index is 2.77. The van der Waals surface area contributed by atoms with E-state index < -0.39 is 0 Å². The van der Waals surface area contributed by atoms with Crippen LogP contribution in [0.3, 0.4) is 0 Å². The standard InChI is InChI=1S/C15H17Br/c1-9(2)12-6-5-10(3)15-13(8-12)11(4)7-14(15)16/h5-9H,1-4H3. The van der Waals surface area contributed by atoms with Crippen LogP contribution < -0.4 is 0 Å². The van der Waals surface area contributed by atoms with Crippen molar-refractivity contribution in [2.45, 2.75) is 33.6 Å². The van der Waals surface area contributed by atoms with Crippen LogP contribution in [-0.2, 0) is 0 Å². The van der Waals surface area contributed by atoms with Gasteiger partial charge in [0.25, 0.3) is 0 Å². The molecule has 0 saturated heterocycles. The first-order valence-electron chi connectivity index (χ1n) is 5.70. The molecule has 2 rings (SSSR count). The number of rotatable bonds is 1. The Hall–Kier alpha value is -0.820. The first-order chi connectivity index (χ1) is 7.50. The molecule has 0 aromatic rings. The summed E-state index contributed by atoms with van der Waals surface area (Å²) >= 11 is 3.65. The van der Waals surface area contributed by atoms with Crippen molar-refractivity contribution in [2.24, 2.45) is 0 Å². The minimum atomic E-state index is 0.572. The Bertz CT molecular complexity index is 497. The summed E-state index contributed by atoms with van der Waals surface area (Å²) in [6, 6.07) is 9.00. The molecule has 0 aromatic heterocycles. The SMILES string of the molecule is Cc1cc(Br)c2c(C)ccc(C(C)C)cc1-2. The van der Waals surface area contributed by atoms with Gasteiger partial charge in [0.1, 0.15) is 0 Å². The highest BCUT2D eigenvalue weighted by Crippen LogP contribution is 2.38. The second kappa shape index (κ2) is 4.21. The van der Waals surface area contributed by atoms with E-state index in [2.05, 4.69) is 67.9 Å². The van der Waals surface area contributed by atoms with Crippen molar-refractivity contribution in [3.63, 3.8) is 0 Å². The molecular weight excluding hydrogens is 260 g/mol. The number of halogens is 1. The minimum Gasteiger partial charge on any atom is -0.0587 e. The van der Waals surface area contributed by atoms with Crippen molar-refractivity contribution in [1.29, 1.82) is 0 Å². The van der Waals surface area contributed by atoms with Gasteiger partial charge in [0.2, 0.25) is 0 Å². The van der Waals surface area contributed by atoms with Gasteiger partial charge in [-0.3, -0.25) is 0 Å². The summed E-state index contributed by atoms with van der Waals surface area (Å²) in [6.07, 6.45) is 0. The minimum absolute atomic E-state index is 0.572. The molecule has 16 heavy (non-hydrogen) atoms. The molecule has 0 amide bonds. The second-order valence-electron chi connectivity index (χ2n) is 4.78. The summed E-state index contributed by atoms with van der Waals surface area (Å²) in [5, 5.41) is 0. The molecule has 84 valence electrons. The molecule has 2 aliphatic carbocycles. The van der Waals surface area contributed by atoms with Crippen LogP contribution in [0, 0.1) is 13.8 Å². The van der Waals surface area contributed by atoms with Crippen LogP contribution in [0.4, 0.5) is 0 Å². The molecule has 1 heteroatoms. The third kappa shape index (κ3) is 1.89. The quantitative estimate of drug-likeness (QED) is 0.664. The monoisotopic (exact) mass is 276 g/mol. The molecule has 0 saturated carbocycles. The van der Waals surface area contributed by atoms with E-state index in [0.29, 0.717) is 5.92 Å². The molecule has 0 heterocycles. The summed E-state index contributed by atoms with van der Waals surface area (Å²) in [5.74, 6) is 0.572. The van der Waals surface area contributed by atoms with Gasteiger partial charge in [-0.1, -0.05) is 48.0 Å². The second-order valence-corrected chi connectivity index (χ2v) is 5.63. The fourth-order valence-electron chi connectivity index (χ4n) is 2.13. The average molecular weight is 277 g/mol. The number of hydrogen-bond acceptors (Lipinski definition) is 0. The van der Waals surface area contributed by atoms with Gasteiger partial charge < -0.3 is 0 Å². The first-order valence-corrected chi connectivity index (χ1v) is 6.49. The number of aryl methyl sites for hydroxylation is 2. The molecule has 2 aliphatic rings. The van der Waals surface area contributed by atoms with Crippen molar-refractivity contribution in [3.8, 4) is 11.1 Å². The Morgan fingerprint density at radius 2 is 1.69 bits per heavy atom. The van der Waals surface area contributed by atoms with Crippen molar-refractivity contribution < 1.29 is 0 Å². The molecule has 0 fully saturated rings. The van der Waals surface area contributed by atoms with Crippen LogP contribution in [0.1, 0.15) is 36.5 Å². The highest BCUT2D eigenvalue weighted by Gasteiger charge is 2.14. The Labute approximate surface area is 106 Å².